The van der Waals surface area contributed by atoms with Gasteiger partial charge in [0.15, 0.2) is 6.29 Å². The Hall–Kier alpha value is -2.24. The summed E-state index contributed by atoms with van der Waals surface area (Å²) in [6.07, 6.45) is -0.877. The molecule has 0 aromatic heterocycles. The smallest absolute Gasteiger partial charge is 0.161 e. The zero-order chi connectivity index (χ0) is 18.3. The molecule has 0 saturated heterocycles. The summed E-state index contributed by atoms with van der Waals surface area (Å²) in [4.78, 5) is 4.01. The summed E-state index contributed by atoms with van der Waals surface area (Å²) in [5.41, 5.74) is 17.0. The van der Waals surface area contributed by atoms with Crippen LogP contribution in [0.5, 0.6) is 0 Å². The number of para-hydroxylation sites is 1. The van der Waals surface area contributed by atoms with Gasteiger partial charge in [-0.25, -0.2) is 0 Å². The van der Waals surface area contributed by atoms with Crippen LogP contribution in [0.4, 0.5) is 17.1 Å². The summed E-state index contributed by atoms with van der Waals surface area (Å²) in [5.74, 6) is 0. The molecule has 1 aliphatic rings. The molecule has 0 radical (unpaired) electrons. The van der Waals surface area contributed by atoms with Crippen molar-refractivity contribution < 1.29 is 0 Å². The average Bonchev–Trinajstić information content (AvgIpc) is 2.64. The van der Waals surface area contributed by atoms with Crippen molar-refractivity contribution in [3.8, 4) is 0 Å². The van der Waals surface area contributed by atoms with E-state index in [0.717, 1.165) is 22.6 Å². The standard InChI is InChI=1S/C20H18Cl2N4/c21-13-8-10-15(11-9-13)26-19(23)17-6-1-2-7-18(17)25(20(26)24)16-5-3-4-14(22)12-16/h1-12,19-20H,23-24H2. The van der Waals surface area contributed by atoms with Crippen molar-refractivity contribution >= 4 is 40.3 Å². The van der Waals surface area contributed by atoms with E-state index >= 15 is 0 Å². The highest BCUT2D eigenvalue weighted by Crippen LogP contribution is 2.42. The molecule has 3 aromatic rings. The van der Waals surface area contributed by atoms with Gasteiger partial charge in [0.05, 0.1) is 5.69 Å². The fourth-order valence-corrected chi connectivity index (χ4v) is 3.69. The molecule has 0 bridgehead atoms. The normalized spacial score (nSPS) is 19.4. The second-order valence-electron chi connectivity index (χ2n) is 6.15. The highest BCUT2D eigenvalue weighted by atomic mass is 35.5. The molecule has 3 aromatic carbocycles. The Labute approximate surface area is 162 Å². The number of halogens is 2. The first-order valence-electron chi connectivity index (χ1n) is 8.25. The van der Waals surface area contributed by atoms with Gasteiger partial charge in [-0.05, 0) is 48.5 Å². The molecule has 0 saturated carbocycles. The van der Waals surface area contributed by atoms with Gasteiger partial charge in [0.1, 0.15) is 6.17 Å². The molecule has 2 atom stereocenters. The minimum atomic E-state index is -0.500. The van der Waals surface area contributed by atoms with Gasteiger partial charge >= 0.3 is 0 Å². The van der Waals surface area contributed by atoms with Crippen molar-refractivity contribution in [2.75, 3.05) is 9.80 Å². The molecular weight excluding hydrogens is 367 g/mol. The van der Waals surface area contributed by atoms with Crippen LogP contribution in [0.3, 0.4) is 0 Å². The molecule has 1 aliphatic heterocycles. The van der Waals surface area contributed by atoms with Gasteiger partial charge in [0.2, 0.25) is 0 Å². The topological polar surface area (TPSA) is 58.5 Å². The molecule has 0 aliphatic carbocycles. The number of nitrogens with zero attached hydrogens (tertiary/aromatic N) is 2. The first-order chi connectivity index (χ1) is 12.6. The van der Waals surface area contributed by atoms with Gasteiger partial charge in [-0.3, -0.25) is 5.73 Å². The third-order valence-corrected chi connectivity index (χ3v) is 5.06. The maximum atomic E-state index is 6.68. The van der Waals surface area contributed by atoms with Gasteiger partial charge in [0.25, 0.3) is 0 Å². The Bertz CT molecular complexity index is 929. The first kappa shape index (κ1) is 17.2. The highest BCUT2D eigenvalue weighted by molar-refractivity contribution is 6.31. The minimum Gasteiger partial charge on any atom is -0.319 e. The number of benzene rings is 3. The number of nitrogens with two attached hydrogens (primary N) is 2. The monoisotopic (exact) mass is 384 g/mol. The molecule has 26 heavy (non-hydrogen) atoms. The quantitative estimate of drug-likeness (QED) is 0.662. The Kier molecular flexibility index (Phi) is 4.51. The highest BCUT2D eigenvalue weighted by Gasteiger charge is 2.36. The maximum Gasteiger partial charge on any atom is 0.161 e. The second-order valence-corrected chi connectivity index (χ2v) is 7.02. The third kappa shape index (κ3) is 2.91. The summed E-state index contributed by atoms with van der Waals surface area (Å²) in [6, 6.07) is 23.2. The van der Waals surface area contributed by atoms with Gasteiger partial charge in [-0.15, -0.1) is 0 Å². The molecule has 4 rings (SSSR count). The van der Waals surface area contributed by atoms with Crippen molar-refractivity contribution in [3.63, 3.8) is 0 Å². The molecule has 1 heterocycles. The van der Waals surface area contributed by atoms with Crippen molar-refractivity contribution in [1.29, 1.82) is 0 Å². The second kappa shape index (κ2) is 6.82. The molecule has 0 amide bonds. The minimum absolute atomic E-state index is 0.377. The molecule has 4 N–H and O–H groups in total. The third-order valence-electron chi connectivity index (χ3n) is 4.58. The van der Waals surface area contributed by atoms with Gasteiger partial charge in [-0.1, -0.05) is 47.5 Å². The van der Waals surface area contributed by atoms with Gasteiger partial charge in [-0.2, -0.15) is 0 Å². The van der Waals surface area contributed by atoms with Crippen LogP contribution in [0.2, 0.25) is 10.0 Å². The van der Waals surface area contributed by atoms with Crippen LogP contribution in [0, 0.1) is 0 Å². The van der Waals surface area contributed by atoms with Crippen molar-refractivity contribution in [3.05, 3.63) is 88.4 Å². The average molecular weight is 385 g/mol. The van der Waals surface area contributed by atoms with E-state index in [-0.39, 0.29) is 6.17 Å². The Balaban J connectivity index is 1.88. The van der Waals surface area contributed by atoms with E-state index in [1.54, 1.807) is 0 Å². The lowest BCUT2D eigenvalue weighted by Gasteiger charge is -2.48. The fourth-order valence-electron chi connectivity index (χ4n) is 3.38. The predicted octanol–water partition coefficient (Wildman–Crippen LogP) is 4.85. The number of anilines is 3. The SMILES string of the molecule is NC1c2ccccc2N(c2cccc(Cl)c2)C(N)N1c1ccc(Cl)cc1. The number of fused-ring (bicyclic) bond motifs is 1. The van der Waals surface area contributed by atoms with Crippen LogP contribution in [0.15, 0.2) is 72.8 Å². The lowest BCUT2D eigenvalue weighted by Crippen LogP contribution is -2.59. The first-order valence-corrected chi connectivity index (χ1v) is 9.00. The van der Waals surface area contributed by atoms with Crippen LogP contribution >= 0.6 is 23.2 Å². The Morgan fingerprint density at radius 2 is 1.46 bits per heavy atom. The fraction of sp³-hybridized carbons (Fsp3) is 0.100. The van der Waals surface area contributed by atoms with Crippen LogP contribution in [0.1, 0.15) is 11.7 Å². The van der Waals surface area contributed by atoms with Crippen molar-refractivity contribution in [1.82, 2.24) is 0 Å². The molecule has 132 valence electrons. The molecule has 0 spiro atoms. The van der Waals surface area contributed by atoms with Crippen molar-refractivity contribution in [2.24, 2.45) is 11.5 Å². The molecule has 2 unspecified atom stereocenters. The molecule has 4 nitrogen and oxygen atoms in total. The predicted molar refractivity (Wildman–Crippen MR) is 109 cm³/mol. The van der Waals surface area contributed by atoms with E-state index in [9.17, 15) is 0 Å². The van der Waals surface area contributed by atoms with E-state index in [0.29, 0.717) is 10.0 Å². The van der Waals surface area contributed by atoms with E-state index in [1.807, 2.05) is 82.6 Å². The summed E-state index contributed by atoms with van der Waals surface area (Å²) >= 11 is 12.3. The lowest BCUT2D eigenvalue weighted by molar-refractivity contribution is 0.512. The van der Waals surface area contributed by atoms with Crippen LogP contribution < -0.4 is 21.3 Å². The van der Waals surface area contributed by atoms with Gasteiger partial charge in [0, 0.05) is 27.0 Å². The summed E-state index contributed by atoms with van der Waals surface area (Å²) in [6.45, 7) is 0. The lowest BCUT2D eigenvalue weighted by atomic mass is 10.0. The zero-order valence-electron chi connectivity index (χ0n) is 13.9. The van der Waals surface area contributed by atoms with E-state index in [4.69, 9.17) is 34.7 Å². The molecule has 0 fully saturated rings. The number of hydrogen-bond donors (Lipinski definition) is 2. The summed E-state index contributed by atoms with van der Waals surface area (Å²) in [7, 11) is 0. The van der Waals surface area contributed by atoms with Gasteiger partial charge < -0.3 is 15.5 Å². The molecular formula is C20H18Cl2N4. The number of hydrogen-bond acceptors (Lipinski definition) is 4. The van der Waals surface area contributed by atoms with Crippen LogP contribution in [0.25, 0.3) is 0 Å². The largest absolute Gasteiger partial charge is 0.319 e. The Morgan fingerprint density at radius 3 is 2.19 bits per heavy atom. The van der Waals surface area contributed by atoms with Crippen molar-refractivity contribution in [2.45, 2.75) is 12.5 Å². The van der Waals surface area contributed by atoms with E-state index in [2.05, 4.69) is 0 Å². The summed E-state index contributed by atoms with van der Waals surface area (Å²) in [5, 5.41) is 1.32. The summed E-state index contributed by atoms with van der Waals surface area (Å²) < 4.78 is 0. The number of rotatable bonds is 2. The Morgan fingerprint density at radius 1 is 0.731 bits per heavy atom. The van der Waals surface area contributed by atoms with Crippen LogP contribution in [-0.2, 0) is 0 Å². The molecule has 6 heteroatoms. The maximum absolute atomic E-state index is 6.68. The zero-order valence-corrected chi connectivity index (χ0v) is 15.4. The van der Waals surface area contributed by atoms with E-state index in [1.165, 1.54) is 0 Å². The van der Waals surface area contributed by atoms with E-state index < -0.39 is 6.29 Å². The van der Waals surface area contributed by atoms with Crippen LogP contribution in [-0.4, -0.2) is 6.29 Å².